The Labute approximate surface area is 168 Å². The number of hydrogen-bond acceptors (Lipinski definition) is 6. The van der Waals surface area contributed by atoms with Crippen molar-refractivity contribution in [1.29, 1.82) is 5.26 Å². The molecule has 2 amide bonds. The molecule has 152 valence electrons. The Morgan fingerprint density at radius 3 is 2.34 bits per heavy atom. The summed E-state index contributed by atoms with van der Waals surface area (Å²) < 4.78 is 31.8. The fourth-order valence-electron chi connectivity index (χ4n) is 2.23. The Bertz CT molecular complexity index is 1030. The third kappa shape index (κ3) is 6.31. The number of rotatable bonds is 7. The summed E-state index contributed by atoms with van der Waals surface area (Å²) in [7, 11) is -3.66. The Balaban J connectivity index is 1.89. The molecule has 2 aromatic rings. The minimum atomic E-state index is -3.66. The zero-order valence-electron chi connectivity index (χ0n) is 15.8. The predicted octanol–water partition coefficient (Wildman–Crippen LogP) is 1.08. The van der Waals surface area contributed by atoms with Gasteiger partial charge in [-0.25, -0.2) is 13.1 Å². The van der Waals surface area contributed by atoms with E-state index in [-0.39, 0.29) is 27.8 Å². The predicted molar refractivity (Wildman–Crippen MR) is 104 cm³/mol. The minimum absolute atomic E-state index is 0.0244. The van der Waals surface area contributed by atoms with Crippen LogP contribution in [0.4, 0.5) is 0 Å². The second-order valence-electron chi connectivity index (χ2n) is 6.20. The van der Waals surface area contributed by atoms with Crippen molar-refractivity contribution in [2.24, 2.45) is 0 Å². The van der Waals surface area contributed by atoms with Crippen LogP contribution in [0.25, 0.3) is 0 Å². The zero-order valence-corrected chi connectivity index (χ0v) is 16.6. The standard InChI is InChI=1S/C19H20N4O5S/c1-13(2)23-29(26,27)16-9-7-14(8-10-16)19(25)22-21-18(24)12-28-17-6-4-3-5-15(17)11-20/h3-10,13,23H,12H2,1-2H3,(H,21,24)(H,22,25). The molecule has 0 aromatic heterocycles. The van der Waals surface area contributed by atoms with Crippen molar-refractivity contribution < 1.29 is 22.7 Å². The zero-order chi connectivity index (χ0) is 21.4. The molecule has 0 aliphatic rings. The highest BCUT2D eigenvalue weighted by Gasteiger charge is 2.16. The van der Waals surface area contributed by atoms with E-state index in [1.54, 1.807) is 38.1 Å². The first-order chi connectivity index (χ1) is 13.7. The lowest BCUT2D eigenvalue weighted by Crippen LogP contribution is -2.43. The third-order valence-corrected chi connectivity index (χ3v) is 5.17. The Kier molecular flexibility index (Phi) is 7.30. The summed E-state index contributed by atoms with van der Waals surface area (Å²) in [5.74, 6) is -1.01. The van der Waals surface area contributed by atoms with Gasteiger partial charge in [0.2, 0.25) is 10.0 Å². The van der Waals surface area contributed by atoms with Crippen LogP contribution < -0.4 is 20.3 Å². The number of sulfonamides is 1. The maximum atomic E-state index is 12.1. The first-order valence-corrected chi connectivity index (χ1v) is 10.0. The topological polar surface area (TPSA) is 137 Å². The van der Waals surface area contributed by atoms with Crippen molar-refractivity contribution in [3.8, 4) is 11.8 Å². The van der Waals surface area contributed by atoms with Crippen molar-refractivity contribution in [3.63, 3.8) is 0 Å². The SMILES string of the molecule is CC(C)NS(=O)(=O)c1ccc(C(=O)NNC(=O)COc2ccccc2C#N)cc1. The molecular weight excluding hydrogens is 396 g/mol. The van der Waals surface area contributed by atoms with E-state index in [2.05, 4.69) is 15.6 Å². The number of benzene rings is 2. The molecular formula is C19H20N4O5S. The fourth-order valence-corrected chi connectivity index (χ4v) is 3.48. The number of nitrogens with zero attached hydrogens (tertiary/aromatic N) is 1. The van der Waals surface area contributed by atoms with Crippen molar-refractivity contribution in [3.05, 3.63) is 59.7 Å². The molecule has 9 nitrogen and oxygen atoms in total. The van der Waals surface area contributed by atoms with E-state index in [0.29, 0.717) is 0 Å². The van der Waals surface area contributed by atoms with Gasteiger partial charge >= 0.3 is 0 Å². The number of para-hydroxylation sites is 1. The van der Waals surface area contributed by atoms with Gasteiger partial charge < -0.3 is 4.74 Å². The van der Waals surface area contributed by atoms with Crippen LogP contribution in [-0.4, -0.2) is 32.9 Å². The normalized spacial score (nSPS) is 10.8. The average Bonchev–Trinajstić information content (AvgIpc) is 2.69. The van der Waals surface area contributed by atoms with E-state index < -0.39 is 28.4 Å². The van der Waals surface area contributed by atoms with Crippen LogP contribution in [0.5, 0.6) is 5.75 Å². The number of carbonyl (C=O) groups is 2. The first-order valence-electron chi connectivity index (χ1n) is 8.56. The molecule has 10 heteroatoms. The number of ether oxygens (including phenoxy) is 1. The number of carbonyl (C=O) groups excluding carboxylic acids is 2. The van der Waals surface area contributed by atoms with E-state index in [0.717, 1.165) is 0 Å². The summed E-state index contributed by atoms with van der Waals surface area (Å²) in [6.45, 7) is 2.99. The van der Waals surface area contributed by atoms with Gasteiger partial charge in [0.25, 0.3) is 11.8 Å². The lowest BCUT2D eigenvalue weighted by molar-refractivity contribution is -0.123. The molecule has 0 aliphatic heterocycles. The summed E-state index contributed by atoms with van der Waals surface area (Å²) in [4.78, 5) is 23.9. The van der Waals surface area contributed by atoms with Crippen LogP contribution in [0.3, 0.4) is 0 Å². The monoisotopic (exact) mass is 416 g/mol. The molecule has 0 bridgehead atoms. The molecule has 0 radical (unpaired) electrons. The molecule has 0 saturated heterocycles. The Hall–Kier alpha value is -3.42. The maximum absolute atomic E-state index is 12.1. The van der Waals surface area contributed by atoms with Gasteiger partial charge in [-0.15, -0.1) is 0 Å². The van der Waals surface area contributed by atoms with Crippen molar-refractivity contribution >= 4 is 21.8 Å². The van der Waals surface area contributed by atoms with E-state index in [4.69, 9.17) is 10.00 Å². The van der Waals surface area contributed by atoms with Crippen molar-refractivity contribution in [1.82, 2.24) is 15.6 Å². The molecule has 3 N–H and O–H groups in total. The molecule has 0 spiro atoms. The van der Waals surface area contributed by atoms with E-state index in [1.807, 2.05) is 6.07 Å². The minimum Gasteiger partial charge on any atom is -0.482 e. The molecule has 2 rings (SSSR count). The highest BCUT2D eigenvalue weighted by atomic mass is 32.2. The van der Waals surface area contributed by atoms with Crippen LogP contribution in [-0.2, 0) is 14.8 Å². The number of nitrogens with one attached hydrogen (secondary N) is 3. The molecule has 0 unspecified atom stereocenters. The summed E-state index contributed by atoms with van der Waals surface area (Å²) >= 11 is 0. The summed E-state index contributed by atoms with van der Waals surface area (Å²) in [5, 5.41) is 8.97. The van der Waals surface area contributed by atoms with Gasteiger partial charge in [-0.2, -0.15) is 5.26 Å². The van der Waals surface area contributed by atoms with Gasteiger partial charge in [-0.3, -0.25) is 20.4 Å². The highest BCUT2D eigenvalue weighted by Crippen LogP contribution is 2.16. The van der Waals surface area contributed by atoms with Gasteiger partial charge in [0.05, 0.1) is 10.5 Å². The number of nitriles is 1. The molecule has 0 fully saturated rings. The quantitative estimate of drug-likeness (QED) is 0.578. The summed E-state index contributed by atoms with van der Waals surface area (Å²) in [6.07, 6.45) is 0. The second kappa shape index (κ2) is 9.68. The van der Waals surface area contributed by atoms with Gasteiger partial charge in [0.15, 0.2) is 6.61 Å². The third-order valence-electron chi connectivity index (χ3n) is 3.50. The molecule has 2 aromatic carbocycles. The highest BCUT2D eigenvalue weighted by molar-refractivity contribution is 7.89. The second-order valence-corrected chi connectivity index (χ2v) is 7.91. The number of hydrogen-bond donors (Lipinski definition) is 3. The van der Waals surface area contributed by atoms with Crippen LogP contribution in [0, 0.1) is 11.3 Å². The number of hydrazine groups is 1. The maximum Gasteiger partial charge on any atom is 0.276 e. The van der Waals surface area contributed by atoms with E-state index >= 15 is 0 Å². The van der Waals surface area contributed by atoms with Crippen LogP contribution in [0.1, 0.15) is 29.8 Å². The Morgan fingerprint density at radius 2 is 1.72 bits per heavy atom. The number of amides is 2. The molecule has 29 heavy (non-hydrogen) atoms. The van der Waals surface area contributed by atoms with Crippen LogP contribution >= 0.6 is 0 Å². The first kappa shape index (κ1) is 21.9. The average molecular weight is 416 g/mol. The van der Waals surface area contributed by atoms with E-state index in [9.17, 15) is 18.0 Å². The van der Waals surface area contributed by atoms with Gasteiger partial charge in [-0.1, -0.05) is 12.1 Å². The summed E-state index contributed by atoms with van der Waals surface area (Å²) in [6, 6.07) is 13.4. The lowest BCUT2D eigenvalue weighted by Gasteiger charge is -2.11. The smallest absolute Gasteiger partial charge is 0.276 e. The van der Waals surface area contributed by atoms with Crippen molar-refractivity contribution in [2.45, 2.75) is 24.8 Å². The Morgan fingerprint density at radius 1 is 1.07 bits per heavy atom. The molecule has 0 atom stereocenters. The molecule has 0 saturated carbocycles. The van der Waals surface area contributed by atoms with Crippen LogP contribution in [0.2, 0.25) is 0 Å². The van der Waals surface area contributed by atoms with Gasteiger partial charge in [0.1, 0.15) is 11.8 Å². The van der Waals surface area contributed by atoms with Crippen molar-refractivity contribution in [2.75, 3.05) is 6.61 Å². The van der Waals surface area contributed by atoms with Gasteiger partial charge in [-0.05, 0) is 50.2 Å². The molecule has 0 heterocycles. The van der Waals surface area contributed by atoms with E-state index in [1.165, 1.54) is 24.3 Å². The lowest BCUT2D eigenvalue weighted by atomic mass is 10.2. The van der Waals surface area contributed by atoms with Gasteiger partial charge in [0, 0.05) is 11.6 Å². The fraction of sp³-hybridized carbons (Fsp3) is 0.211. The largest absolute Gasteiger partial charge is 0.482 e. The van der Waals surface area contributed by atoms with Crippen LogP contribution in [0.15, 0.2) is 53.4 Å². The molecule has 0 aliphatic carbocycles. The summed E-state index contributed by atoms with van der Waals surface area (Å²) in [5.41, 5.74) is 4.83.